The summed E-state index contributed by atoms with van der Waals surface area (Å²) in [7, 11) is 0. The quantitative estimate of drug-likeness (QED) is 0.782. The third-order valence-corrected chi connectivity index (χ3v) is 4.00. The lowest BCUT2D eigenvalue weighted by Gasteiger charge is -2.22. The lowest BCUT2D eigenvalue weighted by molar-refractivity contribution is 0.575. The van der Waals surface area contributed by atoms with Crippen molar-refractivity contribution in [1.82, 2.24) is 15.3 Å². The van der Waals surface area contributed by atoms with E-state index >= 15 is 0 Å². The van der Waals surface area contributed by atoms with E-state index in [9.17, 15) is 0 Å². The van der Waals surface area contributed by atoms with Crippen molar-refractivity contribution < 1.29 is 0 Å². The topological polar surface area (TPSA) is 40.7 Å². The molecule has 0 amide bonds. The second-order valence-electron chi connectivity index (χ2n) is 4.99. The van der Waals surface area contributed by atoms with Gasteiger partial charge < -0.3 is 10.3 Å². The van der Waals surface area contributed by atoms with Gasteiger partial charge in [0.2, 0.25) is 0 Å². The molecule has 2 atom stereocenters. The molecule has 17 heavy (non-hydrogen) atoms. The summed E-state index contributed by atoms with van der Waals surface area (Å²) < 4.78 is 0. The van der Waals surface area contributed by atoms with Crippen LogP contribution in [0, 0.1) is 0 Å². The van der Waals surface area contributed by atoms with E-state index in [1.165, 1.54) is 35.8 Å². The molecule has 2 unspecified atom stereocenters. The van der Waals surface area contributed by atoms with E-state index < -0.39 is 0 Å². The molecule has 0 aliphatic carbocycles. The van der Waals surface area contributed by atoms with Crippen molar-refractivity contribution in [2.24, 2.45) is 0 Å². The molecule has 86 valence electrons. The number of rotatable bonds is 1. The Labute approximate surface area is 99.9 Å². The second-order valence-corrected chi connectivity index (χ2v) is 4.99. The van der Waals surface area contributed by atoms with E-state index in [1.54, 1.807) is 0 Å². The molecule has 2 aromatic heterocycles. The summed E-state index contributed by atoms with van der Waals surface area (Å²) in [6.07, 6.45) is 10.1. The van der Waals surface area contributed by atoms with Gasteiger partial charge in [0.15, 0.2) is 0 Å². The van der Waals surface area contributed by atoms with E-state index in [-0.39, 0.29) is 0 Å². The Balaban J connectivity index is 1.86. The van der Waals surface area contributed by atoms with Gasteiger partial charge in [-0.15, -0.1) is 0 Å². The zero-order valence-corrected chi connectivity index (χ0v) is 9.61. The summed E-state index contributed by atoms with van der Waals surface area (Å²) in [6, 6.07) is 5.42. The van der Waals surface area contributed by atoms with Crippen LogP contribution in [0.4, 0.5) is 0 Å². The number of hydrogen-bond acceptors (Lipinski definition) is 2. The van der Waals surface area contributed by atoms with E-state index in [0.29, 0.717) is 12.1 Å². The summed E-state index contributed by atoms with van der Waals surface area (Å²) in [5.41, 5.74) is 3.77. The molecule has 2 aliphatic heterocycles. The Morgan fingerprint density at radius 1 is 1.29 bits per heavy atom. The highest BCUT2D eigenvalue weighted by Gasteiger charge is 2.31. The Kier molecular flexibility index (Phi) is 1.91. The molecule has 3 heteroatoms. The van der Waals surface area contributed by atoms with Crippen LogP contribution < -0.4 is 5.32 Å². The molecule has 0 spiro atoms. The van der Waals surface area contributed by atoms with Crippen LogP contribution in [0.25, 0.3) is 16.6 Å². The molecule has 2 bridgehead atoms. The number of fused-ring (bicyclic) bond motifs is 3. The van der Waals surface area contributed by atoms with Gasteiger partial charge in [0.25, 0.3) is 0 Å². The number of aromatic amines is 1. The molecule has 1 fully saturated rings. The zero-order chi connectivity index (χ0) is 11.2. The molecule has 4 heterocycles. The van der Waals surface area contributed by atoms with E-state index in [4.69, 9.17) is 0 Å². The minimum atomic E-state index is 0.549. The monoisotopic (exact) mass is 225 g/mol. The van der Waals surface area contributed by atoms with Crippen molar-refractivity contribution in [2.75, 3.05) is 0 Å². The smallest absolute Gasteiger partial charge is 0.137 e. The van der Waals surface area contributed by atoms with Crippen LogP contribution in [0.2, 0.25) is 0 Å². The highest BCUT2D eigenvalue weighted by molar-refractivity contribution is 5.92. The van der Waals surface area contributed by atoms with Crippen molar-refractivity contribution in [3.8, 4) is 0 Å². The van der Waals surface area contributed by atoms with Crippen LogP contribution in [0.1, 0.15) is 24.8 Å². The largest absolute Gasteiger partial charge is 0.346 e. The summed E-state index contributed by atoms with van der Waals surface area (Å²) >= 11 is 0. The Morgan fingerprint density at radius 2 is 2.29 bits per heavy atom. The first-order valence-electron chi connectivity index (χ1n) is 6.30. The lowest BCUT2D eigenvalue weighted by atomic mass is 9.96. The zero-order valence-electron chi connectivity index (χ0n) is 9.61. The number of pyridine rings is 1. The maximum atomic E-state index is 4.35. The van der Waals surface area contributed by atoms with Gasteiger partial charge in [-0.05, 0) is 37.0 Å². The van der Waals surface area contributed by atoms with Gasteiger partial charge >= 0.3 is 0 Å². The predicted molar refractivity (Wildman–Crippen MR) is 68.6 cm³/mol. The van der Waals surface area contributed by atoms with Gasteiger partial charge in [-0.25, -0.2) is 4.98 Å². The van der Waals surface area contributed by atoms with Crippen LogP contribution in [0.5, 0.6) is 0 Å². The van der Waals surface area contributed by atoms with Crippen molar-refractivity contribution in [3.63, 3.8) is 0 Å². The number of aromatic nitrogens is 2. The average Bonchev–Trinajstić information content (AvgIpc) is 2.95. The molecule has 2 aliphatic rings. The van der Waals surface area contributed by atoms with Crippen molar-refractivity contribution in [1.29, 1.82) is 0 Å². The first kappa shape index (κ1) is 9.42. The normalized spacial score (nSPS) is 27.4. The minimum absolute atomic E-state index is 0.549. The first-order chi connectivity index (χ1) is 8.42. The highest BCUT2D eigenvalue weighted by Crippen LogP contribution is 2.35. The standard InChI is InChI=1S/C14H15N3/c1-2-11-12(8-16-14(11)15-7-1)10-5-3-9-4-6-13(10)17-9/h1-2,5,7-9,13,17H,3-4,6H2,(H,15,16). The number of nitrogens with zero attached hydrogens (tertiary/aromatic N) is 1. The van der Waals surface area contributed by atoms with Gasteiger partial charge in [-0.1, -0.05) is 6.08 Å². The Hall–Kier alpha value is -1.61. The van der Waals surface area contributed by atoms with E-state index in [0.717, 1.165) is 5.65 Å². The van der Waals surface area contributed by atoms with Gasteiger partial charge in [-0.3, -0.25) is 0 Å². The fraction of sp³-hybridized carbons (Fsp3) is 0.357. The van der Waals surface area contributed by atoms with E-state index in [1.807, 2.05) is 12.3 Å². The van der Waals surface area contributed by atoms with Gasteiger partial charge in [0, 0.05) is 35.4 Å². The number of H-pyrrole nitrogens is 1. The Bertz CT molecular complexity index is 596. The second kappa shape index (κ2) is 3.44. The fourth-order valence-corrected chi connectivity index (χ4v) is 3.15. The van der Waals surface area contributed by atoms with Crippen LogP contribution >= 0.6 is 0 Å². The molecule has 2 N–H and O–H groups in total. The molecule has 4 rings (SSSR count). The SMILES string of the molecule is C1=C(c2c[nH]c3ncccc23)C2CCC(C1)N2. The summed E-state index contributed by atoms with van der Waals surface area (Å²) in [6.45, 7) is 0. The summed E-state index contributed by atoms with van der Waals surface area (Å²) in [5, 5.41) is 4.93. The van der Waals surface area contributed by atoms with E-state index in [2.05, 4.69) is 33.6 Å². The van der Waals surface area contributed by atoms with Gasteiger partial charge in [0.05, 0.1) is 0 Å². The third kappa shape index (κ3) is 1.35. The molecule has 2 aromatic rings. The third-order valence-electron chi connectivity index (χ3n) is 4.00. The highest BCUT2D eigenvalue weighted by atomic mass is 15.0. The minimum Gasteiger partial charge on any atom is -0.346 e. The molecule has 3 nitrogen and oxygen atoms in total. The Morgan fingerprint density at radius 3 is 3.29 bits per heavy atom. The molecular weight excluding hydrogens is 210 g/mol. The van der Waals surface area contributed by atoms with Crippen LogP contribution in [-0.4, -0.2) is 22.1 Å². The maximum Gasteiger partial charge on any atom is 0.137 e. The lowest BCUT2D eigenvalue weighted by Crippen LogP contribution is -2.33. The molecule has 0 aromatic carbocycles. The summed E-state index contributed by atoms with van der Waals surface area (Å²) in [5.74, 6) is 0. The number of hydrogen-bond donors (Lipinski definition) is 2. The average molecular weight is 225 g/mol. The molecule has 0 radical (unpaired) electrons. The van der Waals surface area contributed by atoms with Gasteiger partial charge in [0.1, 0.15) is 5.65 Å². The first-order valence-corrected chi connectivity index (χ1v) is 6.30. The van der Waals surface area contributed by atoms with Crippen molar-refractivity contribution in [2.45, 2.75) is 31.3 Å². The van der Waals surface area contributed by atoms with Crippen molar-refractivity contribution >= 4 is 16.6 Å². The van der Waals surface area contributed by atoms with Gasteiger partial charge in [-0.2, -0.15) is 0 Å². The summed E-state index contributed by atoms with van der Waals surface area (Å²) in [4.78, 5) is 7.62. The molecule has 1 saturated heterocycles. The number of nitrogens with one attached hydrogen (secondary N) is 2. The van der Waals surface area contributed by atoms with Crippen LogP contribution in [-0.2, 0) is 0 Å². The predicted octanol–water partition coefficient (Wildman–Crippen LogP) is 2.47. The maximum absolute atomic E-state index is 4.35. The fourth-order valence-electron chi connectivity index (χ4n) is 3.15. The van der Waals surface area contributed by atoms with Crippen LogP contribution in [0.3, 0.4) is 0 Å². The molecule has 0 saturated carbocycles. The molecular formula is C14H15N3. The van der Waals surface area contributed by atoms with Crippen molar-refractivity contribution in [3.05, 3.63) is 36.2 Å². The van der Waals surface area contributed by atoms with Crippen LogP contribution in [0.15, 0.2) is 30.6 Å².